The van der Waals surface area contributed by atoms with E-state index in [1.54, 1.807) is 11.3 Å². The third kappa shape index (κ3) is 2.93. The number of likely N-dealkylation sites (tertiary alicyclic amines) is 1. The predicted molar refractivity (Wildman–Crippen MR) is 97.0 cm³/mol. The predicted octanol–water partition coefficient (Wildman–Crippen LogP) is 4.21. The highest BCUT2D eigenvalue weighted by atomic mass is 32.1. The molecule has 0 radical (unpaired) electrons. The summed E-state index contributed by atoms with van der Waals surface area (Å²) in [6.45, 7) is 3.54. The fourth-order valence-electron chi connectivity index (χ4n) is 3.75. The lowest BCUT2D eigenvalue weighted by atomic mass is 10.1. The van der Waals surface area contributed by atoms with Crippen molar-refractivity contribution in [1.82, 2.24) is 14.5 Å². The standard InChI is InChI=1S/C19H23N3S/c1-21-17-8-4-3-7-15(17)16(14-22-10-5-2-6-11-22)18(21)13-19-20-9-12-23-19/h3-4,7-9,12H,2,5-6,10-11,13-14H2,1H3. The summed E-state index contributed by atoms with van der Waals surface area (Å²) in [4.78, 5) is 7.12. The Hall–Kier alpha value is -1.65. The Morgan fingerprint density at radius 2 is 1.96 bits per heavy atom. The van der Waals surface area contributed by atoms with Crippen LogP contribution in [0.15, 0.2) is 35.8 Å². The molecule has 4 heteroatoms. The Morgan fingerprint density at radius 3 is 2.74 bits per heavy atom. The number of para-hydroxylation sites is 1. The van der Waals surface area contributed by atoms with Crippen LogP contribution in [0.3, 0.4) is 0 Å². The van der Waals surface area contributed by atoms with E-state index in [0.29, 0.717) is 0 Å². The van der Waals surface area contributed by atoms with Gasteiger partial charge in [-0.25, -0.2) is 4.98 Å². The Balaban J connectivity index is 1.75. The van der Waals surface area contributed by atoms with Crippen molar-refractivity contribution >= 4 is 22.2 Å². The minimum Gasteiger partial charge on any atom is -0.347 e. The molecule has 0 N–H and O–H groups in total. The molecule has 23 heavy (non-hydrogen) atoms. The van der Waals surface area contributed by atoms with Gasteiger partial charge in [0.25, 0.3) is 0 Å². The molecule has 1 aromatic carbocycles. The number of aromatic nitrogens is 2. The van der Waals surface area contributed by atoms with Crippen LogP contribution in [0.4, 0.5) is 0 Å². The molecule has 0 saturated carbocycles. The minimum atomic E-state index is 0.937. The molecule has 1 saturated heterocycles. The van der Waals surface area contributed by atoms with Crippen molar-refractivity contribution in [2.24, 2.45) is 7.05 Å². The number of thiazole rings is 1. The van der Waals surface area contributed by atoms with E-state index in [1.165, 1.54) is 59.5 Å². The van der Waals surface area contributed by atoms with Crippen molar-refractivity contribution in [2.45, 2.75) is 32.2 Å². The number of aryl methyl sites for hydroxylation is 1. The monoisotopic (exact) mass is 325 g/mol. The van der Waals surface area contributed by atoms with Crippen molar-refractivity contribution in [2.75, 3.05) is 13.1 Å². The Morgan fingerprint density at radius 1 is 1.13 bits per heavy atom. The Labute approximate surface area is 141 Å². The van der Waals surface area contributed by atoms with Gasteiger partial charge in [0.15, 0.2) is 0 Å². The smallest absolute Gasteiger partial charge is 0.0983 e. The van der Waals surface area contributed by atoms with Crippen LogP contribution >= 0.6 is 11.3 Å². The van der Waals surface area contributed by atoms with Gasteiger partial charge >= 0.3 is 0 Å². The molecule has 1 aliphatic heterocycles. The fraction of sp³-hybridized carbons (Fsp3) is 0.421. The van der Waals surface area contributed by atoms with E-state index in [2.05, 4.69) is 51.1 Å². The molecule has 0 spiro atoms. The van der Waals surface area contributed by atoms with Crippen molar-refractivity contribution in [1.29, 1.82) is 0 Å². The molecule has 3 heterocycles. The number of nitrogens with zero attached hydrogens (tertiary/aromatic N) is 3. The second kappa shape index (κ2) is 6.46. The number of fused-ring (bicyclic) bond motifs is 1. The van der Waals surface area contributed by atoms with Crippen LogP contribution in [-0.4, -0.2) is 27.5 Å². The van der Waals surface area contributed by atoms with Crippen LogP contribution < -0.4 is 0 Å². The van der Waals surface area contributed by atoms with Gasteiger partial charge in [0.2, 0.25) is 0 Å². The zero-order valence-corrected chi connectivity index (χ0v) is 14.5. The summed E-state index contributed by atoms with van der Waals surface area (Å²) in [7, 11) is 2.20. The summed E-state index contributed by atoms with van der Waals surface area (Å²) in [5, 5.41) is 4.69. The molecular weight excluding hydrogens is 302 g/mol. The minimum absolute atomic E-state index is 0.937. The quantitative estimate of drug-likeness (QED) is 0.716. The molecule has 0 amide bonds. The molecule has 0 unspecified atom stereocenters. The SMILES string of the molecule is Cn1c(Cc2nccs2)c(CN2CCCCC2)c2ccccc21. The summed E-state index contributed by atoms with van der Waals surface area (Å²) in [5.74, 6) is 0. The largest absolute Gasteiger partial charge is 0.347 e. The molecule has 3 aromatic rings. The number of rotatable bonds is 4. The average Bonchev–Trinajstić information content (AvgIpc) is 3.19. The van der Waals surface area contributed by atoms with Crippen LogP contribution in [0.25, 0.3) is 10.9 Å². The number of benzene rings is 1. The highest BCUT2D eigenvalue weighted by Crippen LogP contribution is 2.29. The van der Waals surface area contributed by atoms with E-state index in [1.807, 2.05) is 6.20 Å². The first-order chi connectivity index (χ1) is 11.3. The zero-order valence-electron chi connectivity index (χ0n) is 13.7. The van der Waals surface area contributed by atoms with Crippen LogP contribution in [0, 0.1) is 0 Å². The van der Waals surface area contributed by atoms with E-state index < -0.39 is 0 Å². The Bertz CT molecular complexity index is 782. The fourth-order valence-corrected chi connectivity index (χ4v) is 4.37. The third-order valence-electron chi connectivity index (χ3n) is 4.98. The lowest BCUT2D eigenvalue weighted by molar-refractivity contribution is 0.221. The van der Waals surface area contributed by atoms with Crippen LogP contribution in [0.1, 0.15) is 35.5 Å². The number of hydrogen-bond acceptors (Lipinski definition) is 3. The molecular formula is C19H23N3S. The van der Waals surface area contributed by atoms with E-state index in [9.17, 15) is 0 Å². The second-order valence-electron chi connectivity index (χ2n) is 6.44. The highest BCUT2D eigenvalue weighted by Gasteiger charge is 2.19. The summed E-state index contributed by atoms with van der Waals surface area (Å²) >= 11 is 1.75. The van der Waals surface area contributed by atoms with Crippen molar-refractivity contribution in [3.8, 4) is 0 Å². The first-order valence-electron chi connectivity index (χ1n) is 8.49. The molecule has 0 bridgehead atoms. The Kier molecular flexibility index (Phi) is 4.19. The van der Waals surface area contributed by atoms with E-state index >= 15 is 0 Å². The second-order valence-corrected chi connectivity index (χ2v) is 7.42. The van der Waals surface area contributed by atoms with Crippen LogP contribution in [-0.2, 0) is 20.0 Å². The first-order valence-corrected chi connectivity index (χ1v) is 9.37. The summed E-state index contributed by atoms with van der Waals surface area (Å²) in [5.41, 5.74) is 4.26. The summed E-state index contributed by atoms with van der Waals surface area (Å²) < 4.78 is 2.37. The number of piperidine rings is 1. The molecule has 1 aliphatic rings. The van der Waals surface area contributed by atoms with Crippen molar-refractivity contribution < 1.29 is 0 Å². The molecule has 1 fully saturated rings. The first kappa shape index (κ1) is 14.9. The van der Waals surface area contributed by atoms with Crippen molar-refractivity contribution in [3.05, 3.63) is 52.1 Å². The molecule has 0 aliphatic carbocycles. The molecule has 0 atom stereocenters. The van der Waals surface area contributed by atoms with E-state index in [-0.39, 0.29) is 0 Å². The van der Waals surface area contributed by atoms with Gasteiger partial charge < -0.3 is 4.57 Å². The maximum absolute atomic E-state index is 4.50. The van der Waals surface area contributed by atoms with Crippen LogP contribution in [0.2, 0.25) is 0 Å². The average molecular weight is 325 g/mol. The van der Waals surface area contributed by atoms with Gasteiger partial charge in [-0.15, -0.1) is 11.3 Å². The van der Waals surface area contributed by atoms with Gasteiger partial charge in [0.05, 0.1) is 5.01 Å². The normalized spacial score (nSPS) is 16.2. The highest BCUT2D eigenvalue weighted by molar-refractivity contribution is 7.09. The van der Waals surface area contributed by atoms with Crippen LogP contribution in [0.5, 0.6) is 0 Å². The van der Waals surface area contributed by atoms with E-state index in [4.69, 9.17) is 0 Å². The third-order valence-corrected chi connectivity index (χ3v) is 5.76. The number of hydrogen-bond donors (Lipinski definition) is 0. The van der Waals surface area contributed by atoms with Gasteiger partial charge in [-0.1, -0.05) is 24.6 Å². The topological polar surface area (TPSA) is 21.1 Å². The van der Waals surface area contributed by atoms with Gasteiger partial charge in [0.1, 0.15) is 0 Å². The molecule has 4 rings (SSSR count). The van der Waals surface area contributed by atoms with Gasteiger partial charge in [-0.2, -0.15) is 0 Å². The lowest BCUT2D eigenvalue weighted by Crippen LogP contribution is -2.29. The molecule has 3 nitrogen and oxygen atoms in total. The summed E-state index contributed by atoms with van der Waals surface area (Å²) in [6, 6.07) is 8.82. The lowest BCUT2D eigenvalue weighted by Gasteiger charge is -2.26. The maximum Gasteiger partial charge on any atom is 0.0983 e. The summed E-state index contributed by atoms with van der Waals surface area (Å²) in [6.07, 6.45) is 6.91. The zero-order chi connectivity index (χ0) is 15.6. The van der Waals surface area contributed by atoms with Gasteiger partial charge in [-0.3, -0.25) is 4.90 Å². The van der Waals surface area contributed by atoms with Gasteiger partial charge in [-0.05, 0) is 37.6 Å². The molecule has 120 valence electrons. The molecule has 2 aromatic heterocycles. The maximum atomic E-state index is 4.50. The van der Waals surface area contributed by atoms with E-state index in [0.717, 1.165) is 13.0 Å². The van der Waals surface area contributed by atoms with Gasteiger partial charge in [0, 0.05) is 48.2 Å². The van der Waals surface area contributed by atoms with Crippen molar-refractivity contribution in [3.63, 3.8) is 0 Å².